The zero-order chi connectivity index (χ0) is 16.3. The maximum Gasteiger partial charge on any atom is 0.242 e. The van der Waals surface area contributed by atoms with Crippen molar-refractivity contribution in [1.29, 1.82) is 0 Å². The van der Waals surface area contributed by atoms with Crippen molar-refractivity contribution in [1.82, 2.24) is 20.1 Å². The third kappa shape index (κ3) is 3.93. The maximum atomic E-state index is 12.2. The third-order valence-electron chi connectivity index (χ3n) is 3.71. The average Bonchev–Trinajstić information content (AvgIpc) is 2.78. The Hall–Kier alpha value is -2.17. The fraction of sp³-hybridized carbons (Fsp3) is 0.471. The van der Waals surface area contributed by atoms with Gasteiger partial charge in [-0.1, -0.05) is 30.7 Å². The normalized spacial score (nSPS) is 11.5. The highest BCUT2D eigenvalue weighted by Gasteiger charge is 2.19. The largest absolute Gasteiger partial charge is 0.350 e. The summed E-state index contributed by atoms with van der Waals surface area (Å²) in [7, 11) is 0. The van der Waals surface area contributed by atoms with Crippen molar-refractivity contribution in [2.24, 2.45) is 0 Å². The molecule has 1 aromatic carbocycles. The quantitative estimate of drug-likeness (QED) is 0.923. The second kappa shape index (κ2) is 6.30. The second-order valence-electron chi connectivity index (χ2n) is 6.30. The van der Waals surface area contributed by atoms with Crippen molar-refractivity contribution in [2.45, 2.75) is 53.1 Å². The summed E-state index contributed by atoms with van der Waals surface area (Å²) in [6.07, 6.45) is 0.875. The van der Waals surface area contributed by atoms with Gasteiger partial charge in [0.05, 0.1) is 0 Å². The molecule has 0 unspecified atom stereocenters. The van der Waals surface area contributed by atoms with Crippen molar-refractivity contribution in [3.8, 4) is 11.4 Å². The number of hydrogen-bond acceptors (Lipinski definition) is 3. The lowest BCUT2D eigenvalue weighted by Crippen LogP contribution is -2.44. The number of amides is 1. The molecule has 2 aromatic rings. The van der Waals surface area contributed by atoms with Crippen molar-refractivity contribution in [3.63, 3.8) is 0 Å². The van der Waals surface area contributed by atoms with Crippen molar-refractivity contribution < 1.29 is 4.79 Å². The van der Waals surface area contributed by atoms with E-state index in [1.807, 2.05) is 52.0 Å². The Bertz CT molecular complexity index is 673. The van der Waals surface area contributed by atoms with Gasteiger partial charge >= 0.3 is 0 Å². The molecule has 0 aliphatic heterocycles. The highest BCUT2D eigenvalue weighted by Crippen LogP contribution is 2.18. The Morgan fingerprint density at radius 1 is 1.32 bits per heavy atom. The minimum absolute atomic E-state index is 0.0503. The SMILES string of the molecule is CCC(C)(C)NC(=O)Cn1nc(C)nc1-c1cccc(C)c1. The molecule has 0 radical (unpaired) electrons. The fourth-order valence-corrected chi connectivity index (χ4v) is 2.20. The van der Waals surface area contributed by atoms with Gasteiger partial charge in [-0.3, -0.25) is 4.79 Å². The Balaban J connectivity index is 2.24. The smallest absolute Gasteiger partial charge is 0.242 e. The predicted molar refractivity (Wildman–Crippen MR) is 87.4 cm³/mol. The van der Waals surface area contributed by atoms with Crippen molar-refractivity contribution >= 4 is 5.91 Å². The topological polar surface area (TPSA) is 59.8 Å². The van der Waals surface area contributed by atoms with Crippen LogP contribution in [0.3, 0.4) is 0 Å². The van der Waals surface area contributed by atoms with Crippen LogP contribution in [-0.2, 0) is 11.3 Å². The van der Waals surface area contributed by atoms with Crippen LogP contribution in [0.1, 0.15) is 38.6 Å². The van der Waals surface area contributed by atoms with E-state index in [9.17, 15) is 4.79 Å². The Labute approximate surface area is 131 Å². The van der Waals surface area contributed by atoms with Gasteiger partial charge in [-0.15, -0.1) is 0 Å². The molecule has 0 atom stereocenters. The zero-order valence-corrected chi connectivity index (χ0v) is 14.0. The lowest BCUT2D eigenvalue weighted by atomic mass is 10.0. The third-order valence-corrected chi connectivity index (χ3v) is 3.71. The summed E-state index contributed by atoms with van der Waals surface area (Å²) in [4.78, 5) is 16.7. The molecule has 1 N–H and O–H groups in total. The van der Waals surface area contributed by atoms with Crippen molar-refractivity contribution in [3.05, 3.63) is 35.7 Å². The molecule has 1 aromatic heterocycles. The molecule has 0 saturated carbocycles. The molecule has 22 heavy (non-hydrogen) atoms. The highest BCUT2D eigenvalue weighted by atomic mass is 16.2. The van der Waals surface area contributed by atoms with E-state index in [0.29, 0.717) is 5.82 Å². The van der Waals surface area contributed by atoms with E-state index in [0.717, 1.165) is 23.4 Å². The van der Waals surface area contributed by atoms with Crippen LogP contribution in [0.5, 0.6) is 0 Å². The molecule has 2 rings (SSSR count). The fourth-order valence-electron chi connectivity index (χ4n) is 2.20. The van der Waals surface area contributed by atoms with Crippen LogP contribution in [0.25, 0.3) is 11.4 Å². The van der Waals surface area contributed by atoms with Gasteiger partial charge in [0.1, 0.15) is 12.4 Å². The first-order valence-electron chi connectivity index (χ1n) is 7.60. The summed E-state index contributed by atoms with van der Waals surface area (Å²) in [5.74, 6) is 1.34. The maximum absolute atomic E-state index is 12.2. The molecular formula is C17H24N4O. The van der Waals surface area contributed by atoms with E-state index in [4.69, 9.17) is 0 Å². The van der Waals surface area contributed by atoms with Gasteiger partial charge in [0, 0.05) is 11.1 Å². The van der Waals surface area contributed by atoms with E-state index in [-0.39, 0.29) is 18.0 Å². The lowest BCUT2D eigenvalue weighted by molar-refractivity contribution is -0.123. The number of aromatic nitrogens is 3. The molecule has 5 nitrogen and oxygen atoms in total. The standard InChI is InChI=1S/C17H24N4O/c1-6-17(4,5)19-15(22)11-21-16(18-13(3)20-21)14-9-7-8-12(2)10-14/h7-10H,6,11H2,1-5H3,(H,19,22). The van der Waals surface area contributed by atoms with Crippen LogP contribution in [0.15, 0.2) is 24.3 Å². The second-order valence-corrected chi connectivity index (χ2v) is 6.30. The van der Waals surface area contributed by atoms with E-state index in [2.05, 4.69) is 22.3 Å². The van der Waals surface area contributed by atoms with Crippen LogP contribution < -0.4 is 5.32 Å². The van der Waals surface area contributed by atoms with Gasteiger partial charge < -0.3 is 5.32 Å². The minimum Gasteiger partial charge on any atom is -0.350 e. The van der Waals surface area contributed by atoms with Crippen LogP contribution in [0, 0.1) is 13.8 Å². The average molecular weight is 300 g/mol. The van der Waals surface area contributed by atoms with Crippen LogP contribution in [0.2, 0.25) is 0 Å². The summed E-state index contributed by atoms with van der Waals surface area (Å²) in [6.45, 7) is 10.1. The summed E-state index contributed by atoms with van der Waals surface area (Å²) >= 11 is 0. The summed E-state index contributed by atoms with van der Waals surface area (Å²) in [5.41, 5.74) is 1.92. The summed E-state index contributed by atoms with van der Waals surface area (Å²) in [6, 6.07) is 8.06. The van der Waals surface area contributed by atoms with Crippen LogP contribution in [0.4, 0.5) is 0 Å². The Morgan fingerprint density at radius 3 is 2.68 bits per heavy atom. The monoisotopic (exact) mass is 300 g/mol. The number of rotatable bonds is 5. The zero-order valence-electron chi connectivity index (χ0n) is 14.0. The van der Waals surface area contributed by atoms with Crippen LogP contribution in [-0.4, -0.2) is 26.2 Å². The number of hydrogen-bond donors (Lipinski definition) is 1. The lowest BCUT2D eigenvalue weighted by Gasteiger charge is -2.24. The summed E-state index contributed by atoms with van der Waals surface area (Å²) < 4.78 is 1.67. The molecule has 0 saturated heterocycles. The Kier molecular flexibility index (Phi) is 4.64. The first-order valence-corrected chi connectivity index (χ1v) is 7.60. The molecule has 1 amide bonds. The van der Waals surface area contributed by atoms with Gasteiger partial charge in [0.15, 0.2) is 5.82 Å². The molecule has 5 heteroatoms. The number of nitrogens with one attached hydrogen (secondary N) is 1. The van der Waals surface area contributed by atoms with E-state index in [1.165, 1.54) is 0 Å². The number of carbonyl (C=O) groups is 1. The van der Waals surface area contributed by atoms with Gasteiger partial charge in [-0.05, 0) is 40.2 Å². The molecule has 0 spiro atoms. The first-order chi connectivity index (χ1) is 10.3. The van der Waals surface area contributed by atoms with Gasteiger partial charge in [-0.2, -0.15) is 5.10 Å². The molecular weight excluding hydrogens is 276 g/mol. The predicted octanol–water partition coefficient (Wildman–Crippen LogP) is 2.87. The van der Waals surface area contributed by atoms with Gasteiger partial charge in [0.2, 0.25) is 5.91 Å². The van der Waals surface area contributed by atoms with Gasteiger partial charge in [-0.25, -0.2) is 9.67 Å². The first kappa shape index (κ1) is 16.2. The highest BCUT2D eigenvalue weighted by molar-refractivity contribution is 5.77. The van der Waals surface area contributed by atoms with E-state index in [1.54, 1.807) is 4.68 Å². The number of aryl methyl sites for hydroxylation is 2. The van der Waals surface area contributed by atoms with E-state index < -0.39 is 0 Å². The number of nitrogens with zero attached hydrogens (tertiary/aromatic N) is 3. The number of carbonyl (C=O) groups excluding carboxylic acids is 1. The molecule has 1 heterocycles. The number of benzene rings is 1. The molecule has 0 bridgehead atoms. The molecule has 0 aliphatic rings. The van der Waals surface area contributed by atoms with E-state index >= 15 is 0 Å². The molecule has 0 fully saturated rings. The molecule has 118 valence electrons. The summed E-state index contributed by atoms with van der Waals surface area (Å²) in [5, 5.41) is 7.38. The molecule has 0 aliphatic carbocycles. The van der Waals surface area contributed by atoms with Gasteiger partial charge in [0.25, 0.3) is 0 Å². The minimum atomic E-state index is -0.212. The van der Waals surface area contributed by atoms with Crippen LogP contribution >= 0.6 is 0 Å². The van der Waals surface area contributed by atoms with Crippen molar-refractivity contribution in [2.75, 3.05) is 0 Å². The Morgan fingerprint density at radius 2 is 2.05 bits per heavy atom.